The van der Waals surface area contributed by atoms with E-state index in [-0.39, 0.29) is 0 Å². The highest BCUT2D eigenvalue weighted by molar-refractivity contribution is 5.16. The lowest BCUT2D eigenvalue weighted by Crippen LogP contribution is -2.10. The first kappa shape index (κ1) is 9.79. The third-order valence-corrected chi connectivity index (χ3v) is 2.19. The van der Waals surface area contributed by atoms with Crippen LogP contribution in [0.4, 0.5) is 0 Å². The molecule has 0 aromatic carbocycles. The number of aliphatic hydroxyl groups is 1. The Balaban J connectivity index is 2.32. The van der Waals surface area contributed by atoms with Crippen LogP contribution >= 0.6 is 0 Å². The highest BCUT2D eigenvalue weighted by Crippen LogP contribution is 2.18. The van der Waals surface area contributed by atoms with E-state index in [0.29, 0.717) is 5.69 Å². The molecule has 1 unspecified atom stereocenters. The van der Waals surface area contributed by atoms with Crippen LogP contribution in [0.1, 0.15) is 24.4 Å². The van der Waals surface area contributed by atoms with Crippen molar-refractivity contribution < 1.29 is 5.11 Å². The summed E-state index contributed by atoms with van der Waals surface area (Å²) >= 11 is 0. The molecule has 2 aromatic heterocycles. The summed E-state index contributed by atoms with van der Waals surface area (Å²) in [4.78, 5) is 7.98. The largest absolute Gasteiger partial charge is 0.380 e. The van der Waals surface area contributed by atoms with E-state index in [9.17, 15) is 5.11 Å². The molecule has 2 aromatic rings. The van der Waals surface area contributed by atoms with Gasteiger partial charge in [0.05, 0.1) is 17.6 Å². The molecule has 0 fully saturated rings. The summed E-state index contributed by atoms with van der Waals surface area (Å²) in [5.74, 6) is 0. The second kappa shape index (κ2) is 4.18. The van der Waals surface area contributed by atoms with Gasteiger partial charge in [-0.15, -0.1) is 0 Å². The average Bonchev–Trinajstić information content (AvgIpc) is 2.77. The zero-order valence-electron chi connectivity index (χ0n) is 8.41. The minimum absolute atomic E-state index is 0.535. The molecule has 5 heteroatoms. The first-order valence-corrected chi connectivity index (χ1v) is 4.78. The van der Waals surface area contributed by atoms with Crippen molar-refractivity contribution in [3.8, 4) is 0 Å². The summed E-state index contributed by atoms with van der Waals surface area (Å²) in [7, 11) is 0. The van der Waals surface area contributed by atoms with Crippen LogP contribution in [-0.2, 0) is 6.54 Å². The van der Waals surface area contributed by atoms with Crippen molar-refractivity contribution in [2.24, 2.45) is 0 Å². The Kier molecular flexibility index (Phi) is 2.73. The van der Waals surface area contributed by atoms with Crippen molar-refractivity contribution in [2.75, 3.05) is 0 Å². The molecule has 0 saturated heterocycles. The van der Waals surface area contributed by atoms with Crippen LogP contribution in [0.5, 0.6) is 0 Å². The van der Waals surface area contributed by atoms with Gasteiger partial charge in [-0.3, -0.25) is 14.6 Å². The molecule has 2 rings (SSSR count). The van der Waals surface area contributed by atoms with Gasteiger partial charge < -0.3 is 5.11 Å². The standard InChI is InChI=1S/C10H12N4O/c1-2-14-9(3-4-13-14)10(15)8-7-11-5-6-12-8/h3-7,10,15H,2H2,1H3. The summed E-state index contributed by atoms with van der Waals surface area (Å²) < 4.78 is 1.74. The van der Waals surface area contributed by atoms with Gasteiger partial charge in [-0.25, -0.2) is 0 Å². The van der Waals surface area contributed by atoms with Gasteiger partial charge in [0.1, 0.15) is 6.10 Å². The van der Waals surface area contributed by atoms with E-state index in [1.54, 1.807) is 35.5 Å². The van der Waals surface area contributed by atoms with Crippen LogP contribution < -0.4 is 0 Å². The summed E-state index contributed by atoms with van der Waals surface area (Å²) in [6, 6.07) is 1.78. The monoisotopic (exact) mass is 204 g/mol. The Labute approximate surface area is 87.4 Å². The molecule has 1 atom stereocenters. The Morgan fingerprint density at radius 3 is 2.93 bits per heavy atom. The van der Waals surface area contributed by atoms with E-state index >= 15 is 0 Å². The Hall–Kier alpha value is -1.75. The predicted molar refractivity (Wildman–Crippen MR) is 54.0 cm³/mol. The number of hydrogen-bond donors (Lipinski definition) is 1. The van der Waals surface area contributed by atoms with Gasteiger partial charge in [-0.2, -0.15) is 5.10 Å². The average molecular weight is 204 g/mol. The minimum atomic E-state index is -0.763. The lowest BCUT2D eigenvalue weighted by Gasteiger charge is -2.10. The molecule has 1 N–H and O–H groups in total. The van der Waals surface area contributed by atoms with Gasteiger partial charge in [0.15, 0.2) is 0 Å². The van der Waals surface area contributed by atoms with Crippen molar-refractivity contribution in [1.29, 1.82) is 0 Å². The van der Waals surface area contributed by atoms with Gasteiger partial charge in [-0.05, 0) is 13.0 Å². The fourth-order valence-corrected chi connectivity index (χ4v) is 1.44. The zero-order chi connectivity index (χ0) is 10.7. The number of rotatable bonds is 3. The molecule has 0 aliphatic heterocycles. The van der Waals surface area contributed by atoms with Crippen LogP contribution in [-0.4, -0.2) is 24.9 Å². The fraction of sp³-hybridized carbons (Fsp3) is 0.300. The zero-order valence-corrected chi connectivity index (χ0v) is 8.41. The van der Waals surface area contributed by atoms with E-state index < -0.39 is 6.10 Å². The first-order chi connectivity index (χ1) is 7.33. The normalized spacial score (nSPS) is 12.7. The Morgan fingerprint density at radius 2 is 2.27 bits per heavy atom. The molecular weight excluding hydrogens is 192 g/mol. The van der Waals surface area contributed by atoms with Gasteiger partial charge in [-0.1, -0.05) is 0 Å². The van der Waals surface area contributed by atoms with Gasteiger partial charge >= 0.3 is 0 Å². The summed E-state index contributed by atoms with van der Waals surface area (Å²) in [6.07, 6.45) is 5.59. The molecule has 0 amide bonds. The highest BCUT2D eigenvalue weighted by atomic mass is 16.3. The van der Waals surface area contributed by atoms with Crippen LogP contribution in [0.2, 0.25) is 0 Å². The van der Waals surface area contributed by atoms with Gasteiger partial charge in [0.2, 0.25) is 0 Å². The van der Waals surface area contributed by atoms with Crippen molar-refractivity contribution in [2.45, 2.75) is 19.6 Å². The summed E-state index contributed by atoms with van der Waals surface area (Å²) in [5, 5.41) is 14.1. The third kappa shape index (κ3) is 1.87. The van der Waals surface area contributed by atoms with E-state index in [2.05, 4.69) is 15.1 Å². The lowest BCUT2D eigenvalue weighted by atomic mass is 10.2. The van der Waals surface area contributed by atoms with Crippen LogP contribution in [0.15, 0.2) is 30.9 Å². The maximum atomic E-state index is 10.0. The van der Waals surface area contributed by atoms with Gasteiger partial charge in [0, 0.05) is 25.1 Å². The maximum Gasteiger partial charge on any atom is 0.139 e. The van der Waals surface area contributed by atoms with Gasteiger partial charge in [0.25, 0.3) is 0 Å². The van der Waals surface area contributed by atoms with Crippen LogP contribution in [0.3, 0.4) is 0 Å². The van der Waals surface area contributed by atoms with Crippen LogP contribution in [0.25, 0.3) is 0 Å². The molecule has 15 heavy (non-hydrogen) atoms. The molecule has 0 bridgehead atoms. The minimum Gasteiger partial charge on any atom is -0.380 e. The smallest absolute Gasteiger partial charge is 0.139 e. The predicted octanol–water partition coefficient (Wildman–Crippen LogP) is 0.775. The molecular formula is C10H12N4O. The molecule has 2 heterocycles. The lowest BCUT2D eigenvalue weighted by molar-refractivity contribution is 0.202. The first-order valence-electron chi connectivity index (χ1n) is 4.78. The number of aryl methyl sites for hydroxylation is 1. The summed E-state index contributed by atoms with van der Waals surface area (Å²) in [6.45, 7) is 2.69. The second-order valence-corrected chi connectivity index (χ2v) is 3.10. The summed E-state index contributed by atoms with van der Waals surface area (Å²) in [5.41, 5.74) is 1.27. The van der Waals surface area contributed by atoms with Crippen molar-refractivity contribution >= 4 is 0 Å². The van der Waals surface area contributed by atoms with E-state index in [0.717, 1.165) is 12.2 Å². The number of nitrogens with zero attached hydrogens (tertiary/aromatic N) is 4. The maximum absolute atomic E-state index is 10.0. The topological polar surface area (TPSA) is 63.8 Å². The van der Waals surface area contributed by atoms with Crippen molar-refractivity contribution in [3.63, 3.8) is 0 Å². The quantitative estimate of drug-likeness (QED) is 0.802. The number of aliphatic hydroxyl groups excluding tert-OH is 1. The Morgan fingerprint density at radius 1 is 1.40 bits per heavy atom. The van der Waals surface area contributed by atoms with Crippen LogP contribution in [0, 0.1) is 0 Å². The van der Waals surface area contributed by atoms with E-state index in [1.807, 2.05) is 6.92 Å². The van der Waals surface area contributed by atoms with Crippen molar-refractivity contribution in [3.05, 3.63) is 42.2 Å². The molecule has 5 nitrogen and oxygen atoms in total. The molecule has 0 saturated carbocycles. The Bertz CT molecular complexity index is 426. The molecule has 0 radical (unpaired) electrons. The molecule has 0 aliphatic carbocycles. The number of hydrogen-bond acceptors (Lipinski definition) is 4. The fourth-order valence-electron chi connectivity index (χ4n) is 1.44. The molecule has 0 aliphatic rings. The molecule has 0 spiro atoms. The highest BCUT2D eigenvalue weighted by Gasteiger charge is 2.15. The third-order valence-electron chi connectivity index (χ3n) is 2.19. The number of aromatic nitrogens is 4. The van der Waals surface area contributed by atoms with E-state index in [1.165, 1.54) is 0 Å². The second-order valence-electron chi connectivity index (χ2n) is 3.10. The van der Waals surface area contributed by atoms with Crippen molar-refractivity contribution in [1.82, 2.24) is 19.7 Å². The van der Waals surface area contributed by atoms with E-state index in [4.69, 9.17) is 0 Å². The SMILES string of the molecule is CCn1nccc1C(O)c1cnccn1. The molecule has 78 valence electrons.